The molecule has 0 saturated heterocycles. The summed E-state index contributed by atoms with van der Waals surface area (Å²) in [7, 11) is 0. The zero-order chi connectivity index (χ0) is 20.1. The Labute approximate surface area is 175 Å². The Morgan fingerprint density at radius 1 is 0.964 bits per heavy atom. The number of rotatable bonds is 3. The molecule has 0 unspecified atom stereocenters. The van der Waals surface area contributed by atoms with Crippen molar-refractivity contribution in [2.75, 3.05) is 0 Å². The number of thiocarbonyl (C=S) groups is 1. The Kier molecular flexibility index (Phi) is 6.25. The molecule has 2 aromatic heterocycles. The molecular weight excluding hydrogens is 423 g/mol. The number of hydrazine groups is 1. The maximum Gasteiger partial charge on any atom is 0.293 e. The predicted molar refractivity (Wildman–Crippen MR) is 109 cm³/mol. The van der Waals surface area contributed by atoms with Crippen molar-refractivity contribution in [3.8, 4) is 11.3 Å². The lowest BCUT2D eigenvalue weighted by atomic mass is 10.2. The Balaban J connectivity index is 1.59. The largest absolute Gasteiger partial charge is 0.451 e. The average Bonchev–Trinajstić information content (AvgIpc) is 3.19. The van der Waals surface area contributed by atoms with E-state index in [9.17, 15) is 9.59 Å². The first kappa shape index (κ1) is 19.8. The molecular formula is C18H12Cl2N4O3S. The van der Waals surface area contributed by atoms with Crippen molar-refractivity contribution < 1.29 is 14.0 Å². The molecule has 0 aliphatic heterocycles. The van der Waals surface area contributed by atoms with Gasteiger partial charge in [-0.15, -0.1) is 0 Å². The summed E-state index contributed by atoms with van der Waals surface area (Å²) in [4.78, 5) is 28.0. The van der Waals surface area contributed by atoms with Crippen molar-refractivity contribution >= 4 is 52.3 Å². The lowest BCUT2D eigenvalue weighted by Crippen LogP contribution is -2.48. The van der Waals surface area contributed by atoms with Crippen LogP contribution in [0.3, 0.4) is 0 Å². The zero-order valence-corrected chi connectivity index (χ0v) is 16.4. The van der Waals surface area contributed by atoms with Gasteiger partial charge < -0.3 is 4.42 Å². The molecule has 3 rings (SSSR count). The quantitative estimate of drug-likeness (QED) is 0.430. The van der Waals surface area contributed by atoms with Crippen LogP contribution < -0.4 is 16.2 Å². The molecule has 28 heavy (non-hydrogen) atoms. The fraction of sp³-hybridized carbons (Fsp3) is 0. The monoisotopic (exact) mass is 434 g/mol. The molecule has 0 saturated carbocycles. The molecule has 0 atom stereocenters. The Morgan fingerprint density at radius 2 is 1.71 bits per heavy atom. The van der Waals surface area contributed by atoms with Crippen LogP contribution in [0.4, 0.5) is 0 Å². The highest BCUT2D eigenvalue weighted by Gasteiger charge is 2.16. The summed E-state index contributed by atoms with van der Waals surface area (Å²) in [6.07, 6.45) is 2.96. The molecule has 3 aromatic rings. The van der Waals surface area contributed by atoms with E-state index in [1.54, 1.807) is 24.3 Å². The normalized spacial score (nSPS) is 10.2. The van der Waals surface area contributed by atoms with E-state index in [0.717, 1.165) is 0 Å². The smallest absolute Gasteiger partial charge is 0.293 e. The number of halogens is 2. The van der Waals surface area contributed by atoms with Gasteiger partial charge in [-0.1, -0.05) is 23.2 Å². The highest BCUT2D eigenvalue weighted by Crippen LogP contribution is 2.31. The van der Waals surface area contributed by atoms with Gasteiger partial charge in [0.2, 0.25) is 0 Å². The molecule has 3 N–H and O–H groups in total. The molecule has 10 heteroatoms. The minimum Gasteiger partial charge on any atom is -0.451 e. The summed E-state index contributed by atoms with van der Waals surface area (Å²) in [6, 6.07) is 11.0. The maximum absolute atomic E-state index is 12.3. The van der Waals surface area contributed by atoms with E-state index in [1.807, 2.05) is 0 Å². The highest BCUT2D eigenvalue weighted by molar-refractivity contribution is 7.80. The molecule has 1 aromatic carbocycles. The van der Waals surface area contributed by atoms with Crippen LogP contribution in [0.5, 0.6) is 0 Å². The van der Waals surface area contributed by atoms with Gasteiger partial charge in [0.05, 0.1) is 5.02 Å². The maximum atomic E-state index is 12.3. The zero-order valence-electron chi connectivity index (χ0n) is 14.0. The summed E-state index contributed by atoms with van der Waals surface area (Å²) in [5.41, 5.74) is 5.74. The van der Waals surface area contributed by atoms with Gasteiger partial charge in [0, 0.05) is 28.5 Å². The molecule has 2 amide bonds. The number of carbonyl (C=O) groups is 2. The van der Waals surface area contributed by atoms with Crippen LogP contribution in [-0.2, 0) is 0 Å². The van der Waals surface area contributed by atoms with E-state index in [1.165, 1.54) is 30.6 Å². The standard InChI is InChI=1S/C18H12Cl2N4O3S/c19-11-1-2-13(20)12(9-11)14-3-4-15(27-14)17(26)22-18(28)24-23-16(25)10-5-7-21-8-6-10/h1-9H,(H,23,25)(H2,22,24,26,28). The van der Waals surface area contributed by atoms with Crippen molar-refractivity contribution in [3.63, 3.8) is 0 Å². The van der Waals surface area contributed by atoms with Gasteiger partial charge in [-0.2, -0.15) is 0 Å². The molecule has 7 nitrogen and oxygen atoms in total. The van der Waals surface area contributed by atoms with E-state index in [-0.39, 0.29) is 10.9 Å². The third-order valence-electron chi connectivity index (χ3n) is 3.48. The molecule has 142 valence electrons. The van der Waals surface area contributed by atoms with Gasteiger partial charge in [-0.25, -0.2) is 0 Å². The van der Waals surface area contributed by atoms with Gasteiger partial charge >= 0.3 is 0 Å². The lowest BCUT2D eigenvalue weighted by molar-refractivity contribution is 0.0927. The second kappa shape index (κ2) is 8.83. The van der Waals surface area contributed by atoms with Crippen molar-refractivity contribution in [3.05, 3.63) is 76.2 Å². The molecule has 2 heterocycles. The molecule has 0 spiro atoms. The van der Waals surface area contributed by atoms with E-state index < -0.39 is 11.8 Å². The Hall–Kier alpha value is -2.94. The first-order valence-electron chi connectivity index (χ1n) is 7.81. The van der Waals surface area contributed by atoms with E-state index in [4.69, 9.17) is 39.8 Å². The second-order valence-corrected chi connectivity index (χ2v) is 6.64. The SMILES string of the molecule is O=C(NNC(=S)NC(=O)c1ccc(-c2cc(Cl)ccc2Cl)o1)c1ccncc1. The molecule has 0 radical (unpaired) electrons. The van der Waals surface area contributed by atoms with Crippen molar-refractivity contribution in [2.24, 2.45) is 0 Å². The van der Waals surface area contributed by atoms with Gasteiger partial charge in [0.25, 0.3) is 11.8 Å². The van der Waals surface area contributed by atoms with Crippen LogP contribution >= 0.6 is 35.4 Å². The minimum atomic E-state index is -0.597. The van der Waals surface area contributed by atoms with Gasteiger partial charge in [0.15, 0.2) is 10.9 Å². The number of hydrogen-bond acceptors (Lipinski definition) is 5. The average molecular weight is 435 g/mol. The second-order valence-electron chi connectivity index (χ2n) is 5.39. The van der Waals surface area contributed by atoms with Crippen molar-refractivity contribution in [1.29, 1.82) is 0 Å². The van der Waals surface area contributed by atoms with Gasteiger partial charge in [0.1, 0.15) is 5.76 Å². The summed E-state index contributed by atoms with van der Waals surface area (Å²) < 4.78 is 5.53. The summed E-state index contributed by atoms with van der Waals surface area (Å²) in [6.45, 7) is 0. The summed E-state index contributed by atoms with van der Waals surface area (Å²) >= 11 is 17.1. The van der Waals surface area contributed by atoms with Gasteiger partial charge in [-0.05, 0) is 54.7 Å². The van der Waals surface area contributed by atoms with Crippen LogP contribution in [0.15, 0.2) is 59.3 Å². The number of benzene rings is 1. The number of hydrogen-bond donors (Lipinski definition) is 3. The molecule has 0 aliphatic rings. The number of amides is 2. The topological polar surface area (TPSA) is 96.3 Å². The number of aromatic nitrogens is 1. The third kappa shape index (κ3) is 4.86. The number of carbonyl (C=O) groups excluding carboxylic acids is 2. The van der Waals surface area contributed by atoms with Gasteiger partial charge in [-0.3, -0.25) is 30.7 Å². The first-order valence-corrected chi connectivity index (χ1v) is 8.97. The predicted octanol–water partition coefficient (Wildman–Crippen LogP) is 3.60. The van der Waals surface area contributed by atoms with E-state index in [2.05, 4.69) is 21.2 Å². The van der Waals surface area contributed by atoms with Crippen LogP contribution in [-0.4, -0.2) is 21.9 Å². The van der Waals surface area contributed by atoms with E-state index >= 15 is 0 Å². The summed E-state index contributed by atoms with van der Waals surface area (Å²) in [5, 5.41) is 3.21. The Bertz CT molecular complexity index is 1040. The Morgan fingerprint density at radius 3 is 2.46 bits per heavy atom. The minimum absolute atomic E-state index is 0.00986. The third-order valence-corrected chi connectivity index (χ3v) is 4.25. The number of furan rings is 1. The fourth-order valence-electron chi connectivity index (χ4n) is 2.18. The van der Waals surface area contributed by atoms with Crippen LogP contribution in [0.2, 0.25) is 10.0 Å². The number of pyridine rings is 1. The van der Waals surface area contributed by atoms with Crippen molar-refractivity contribution in [1.82, 2.24) is 21.2 Å². The molecule has 0 fully saturated rings. The van der Waals surface area contributed by atoms with Crippen LogP contribution in [0, 0.1) is 0 Å². The van der Waals surface area contributed by atoms with Crippen LogP contribution in [0.25, 0.3) is 11.3 Å². The highest BCUT2D eigenvalue weighted by atomic mass is 35.5. The van der Waals surface area contributed by atoms with Crippen molar-refractivity contribution in [2.45, 2.75) is 0 Å². The van der Waals surface area contributed by atoms with E-state index in [0.29, 0.717) is 26.9 Å². The number of nitrogens with zero attached hydrogens (tertiary/aromatic N) is 1. The first-order chi connectivity index (χ1) is 13.4. The molecule has 0 bridgehead atoms. The van der Waals surface area contributed by atoms with Crippen LogP contribution in [0.1, 0.15) is 20.9 Å². The fourth-order valence-corrected chi connectivity index (χ4v) is 2.70. The number of nitrogens with one attached hydrogen (secondary N) is 3. The molecule has 0 aliphatic carbocycles. The lowest BCUT2D eigenvalue weighted by Gasteiger charge is -2.09. The summed E-state index contributed by atoms with van der Waals surface area (Å²) in [5.74, 6) is -0.645.